The SMILES string of the molecule is COc1ccc(CN(C(=O)COc2ccc(S(=O)(=O)Nc3ccc(F)cc3)cc2)[C@H](C(=O)NCCC(C)C)c2ccccc2)cc1. The zero-order valence-electron chi connectivity index (χ0n) is 26.0. The van der Waals surface area contributed by atoms with E-state index in [0.717, 1.165) is 24.1 Å². The van der Waals surface area contributed by atoms with E-state index < -0.39 is 34.4 Å². The van der Waals surface area contributed by atoms with Gasteiger partial charge in [0.15, 0.2) is 6.61 Å². The molecular formula is C35H38FN3O6S. The number of halogens is 1. The first-order valence-electron chi connectivity index (χ1n) is 14.8. The van der Waals surface area contributed by atoms with Gasteiger partial charge >= 0.3 is 0 Å². The lowest BCUT2D eigenvalue weighted by molar-refractivity contribution is -0.143. The van der Waals surface area contributed by atoms with Crippen molar-refractivity contribution in [2.24, 2.45) is 5.92 Å². The minimum absolute atomic E-state index is 0.0427. The number of carbonyl (C=O) groups is 2. The molecule has 0 saturated carbocycles. The van der Waals surface area contributed by atoms with Gasteiger partial charge in [-0.3, -0.25) is 14.3 Å². The smallest absolute Gasteiger partial charge is 0.261 e. The number of methoxy groups -OCH3 is 1. The van der Waals surface area contributed by atoms with Crippen molar-refractivity contribution in [1.29, 1.82) is 0 Å². The number of nitrogens with zero attached hydrogens (tertiary/aromatic N) is 1. The van der Waals surface area contributed by atoms with E-state index in [2.05, 4.69) is 23.9 Å². The average Bonchev–Trinajstić information content (AvgIpc) is 3.05. The fourth-order valence-corrected chi connectivity index (χ4v) is 5.67. The first-order chi connectivity index (χ1) is 22.1. The zero-order chi connectivity index (χ0) is 33.1. The number of carbonyl (C=O) groups excluding carboxylic acids is 2. The van der Waals surface area contributed by atoms with E-state index in [9.17, 15) is 22.4 Å². The lowest BCUT2D eigenvalue weighted by atomic mass is 10.0. The highest BCUT2D eigenvalue weighted by atomic mass is 32.2. The van der Waals surface area contributed by atoms with Crippen LogP contribution in [0, 0.1) is 11.7 Å². The van der Waals surface area contributed by atoms with Gasteiger partial charge in [-0.2, -0.15) is 0 Å². The molecule has 0 radical (unpaired) electrons. The fraction of sp³-hybridized carbons (Fsp3) is 0.257. The van der Waals surface area contributed by atoms with Crippen LogP contribution in [0.2, 0.25) is 0 Å². The number of hydrogen-bond acceptors (Lipinski definition) is 6. The maximum Gasteiger partial charge on any atom is 0.261 e. The van der Waals surface area contributed by atoms with Crippen LogP contribution in [0.15, 0.2) is 108 Å². The lowest BCUT2D eigenvalue weighted by Crippen LogP contribution is -2.45. The Kier molecular flexibility index (Phi) is 11.7. The fourth-order valence-electron chi connectivity index (χ4n) is 4.62. The van der Waals surface area contributed by atoms with Gasteiger partial charge in [0, 0.05) is 18.8 Å². The minimum Gasteiger partial charge on any atom is -0.497 e. The summed E-state index contributed by atoms with van der Waals surface area (Å²) >= 11 is 0. The number of ether oxygens (including phenoxy) is 2. The predicted molar refractivity (Wildman–Crippen MR) is 174 cm³/mol. The van der Waals surface area contributed by atoms with Crippen LogP contribution in [0.3, 0.4) is 0 Å². The number of nitrogens with one attached hydrogen (secondary N) is 2. The molecule has 2 N–H and O–H groups in total. The van der Waals surface area contributed by atoms with Crippen molar-refractivity contribution in [2.75, 3.05) is 25.0 Å². The summed E-state index contributed by atoms with van der Waals surface area (Å²) in [5.74, 6) is 0.0742. The second-order valence-corrected chi connectivity index (χ2v) is 12.7. The predicted octanol–water partition coefficient (Wildman–Crippen LogP) is 5.95. The van der Waals surface area contributed by atoms with Crippen molar-refractivity contribution in [3.63, 3.8) is 0 Å². The van der Waals surface area contributed by atoms with Crippen LogP contribution in [0.25, 0.3) is 0 Å². The van der Waals surface area contributed by atoms with E-state index in [4.69, 9.17) is 9.47 Å². The maximum atomic E-state index is 13.9. The summed E-state index contributed by atoms with van der Waals surface area (Å²) < 4.78 is 52.3. The van der Waals surface area contributed by atoms with E-state index in [1.54, 1.807) is 31.4 Å². The largest absolute Gasteiger partial charge is 0.497 e. The quantitative estimate of drug-likeness (QED) is 0.165. The maximum absolute atomic E-state index is 13.9. The Labute approximate surface area is 269 Å². The molecule has 11 heteroatoms. The first kappa shape index (κ1) is 34.0. The van der Waals surface area contributed by atoms with Gasteiger partial charge < -0.3 is 19.7 Å². The second-order valence-electron chi connectivity index (χ2n) is 11.0. The third kappa shape index (κ3) is 9.55. The Morgan fingerprint density at radius 3 is 2.09 bits per heavy atom. The Morgan fingerprint density at radius 1 is 0.848 bits per heavy atom. The second kappa shape index (κ2) is 15.9. The highest BCUT2D eigenvalue weighted by Gasteiger charge is 2.32. The van der Waals surface area contributed by atoms with Gasteiger partial charge in [-0.05, 0) is 84.1 Å². The Hall–Kier alpha value is -4.90. The van der Waals surface area contributed by atoms with Crippen LogP contribution < -0.4 is 19.5 Å². The van der Waals surface area contributed by atoms with Crippen molar-refractivity contribution in [3.8, 4) is 11.5 Å². The summed E-state index contributed by atoms with van der Waals surface area (Å²) in [6.45, 7) is 4.32. The molecule has 9 nitrogen and oxygen atoms in total. The first-order valence-corrected chi connectivity index (χ1v) is 16.3. The van der Waals surface area contributed by atoms with Gasteiger partial charge in [-0.25, -0.2) is 12.8 Å². The molecule has 0 heterocycles. The highest BCUT2D eigenvalue weighted by Crippen LogP contribution is 2.26. The van der Waals surface area contributed by atoms with E-state index >= 15 is 0 Å². The molecule has 46 heavy (non-hydrogen) atoms. The summed E-state index contributed by atoms with van der Waals surface area (Å²) in [4.78, 5) is 29.0. The summed E-state index contributed by atoms with van der Waals surface area (Å²) in [5.41, 5.74) is 1.65. The monoisotopic (exact) mass is 647 g/mol. The van der Waals surface area contributed by atoms with Gasteiger partial charge in [-0.1, -0.05) is 56.3 Å². The molecule has 4 aromatic carbocycles. The van der Waals surface area contributed by atoms with Crippen LogP contribution >= 0.6 is 0 Å². The molecule has 4 aromatic rings. The van der Waals surface area contributed by atoms with Crippen molar-refractivity contribution < 1.29 is 31.9 Å². The van der Waals surface area contributed by atoms with Crippen molar-refractivity contribution in [3.05, 3.63) is 120 Å². The number of amides is 2. The van der Waals surface area contributed by atoms with Crippen molar-refractivity contribution in [1.82, 2.24) is 10.2 Å². The van der Waals surface area contributed by atoms with Gasteiger partial charge in [0.2, 0.25) is 5.91 Å². The Balaban J connectivity index is 1.54. The molecule has 2 amide bonds. The molecule has 0 spiro atoms. The van der Waals surface area contributed by atoms with E-state index in [0.29, 0.717) is 23.8 Å². The van der Waals surface area contributed by atoms with Gasteiger partial charge in [0.05, 0.1) is 12.0 Å². The standard InChI is InChI=1S/C35H38FN3O6S/c1-25(2)21-22-37-35(41)34(27-7-5-4-6-8-27)39(23-26-9-15-30(44-3)16-10-26)33(40)24-45-31-17-19-32(20-18-31)46(42,43)38-29-13-11-28(36)12-14-29/h4-20,25,34,38H,21-24H2,1-3H3,(H,37,41)/t34-/m0/s1. The molecule has 0 aliphatic carbocycles. The summed E-state index contributed by atoms with van der Waals surface area (Å²) in [6, 6.07) is 25.9. The zero-order valence-corrected chi connectivity index (χ0v) is 26.8. The van der Waals surface area contributed by atoms with E-state index in [1.165, 1.54) is 41.3 Å². The van der Waals surface area contributed by atoms with E-state index in [1.807, 2.05) is 30.3 Å². The van der Waals surface area contributed by atoms with Crippen LogP contribution in [-0.4, -0.2) is 45.4 Å². The number of rotatable bonds is 15. The molecule has 0 fully saturated rings. The number of sulfonamides is 1. The number of hydrogen-bond donors (Lipinski definition) is 2. The molecule has 1 atom stereocenters. The Bertz CT molecular complexity index is 1680. The summed E-state index contributed by atoms with van der Waals surface area (Å²) in [6.07, 6.45) is 0.786. The number of anilines is 1. The average molecular weight is 648 g/mol. The molecule has 4 rings (SSSR count). The van der Waals surface area contributed by atoms with Gasteiger partial charge in [-0.15, -0.1) is 0 Å². The molecule has 0 aliphatic heterocycles. The van der Waals surface area contributed by atoms with Crippen LogP contribution in [-0.2, 0) is 26.2 Å². The molecule has 242 valence electrons. The number of benzene rings is 4. The lowest BCUT2D eigenvalue weighted by Gasteiger charge is -2.31. The Morgan fingerprint density at radius 2 is 1.48 bits per heavy atom. The topological polar surface area (TPSA) is 114 Å². The molecule has 0 saturated heterocycles. The van der Waals surface area contributed by atoms with Crippen molar-refractivity contribution in [2.45, 2.75) is 37.8 Å². The molecule has 0 aliphatic rings. The van der Waals surface area contributed by atoms with Gasteiger partial charge in [0.1, 0.15) is 23.4 Å². The van der Waals surface area contributed by atoms with E-state index in [-0.39, 0.29) is 28.8 Å². The summed E-state index contributed by atoms with van der Waals surface area (Å²) in [7, 11) is -2.38. The van der Waals surface area contributed by atoms with Crippen molar-refractivity contribution >= 4 is 27.5 Å². The molecule has 0 unspecified atom stereocenters. The summed E-state index contributed by atoms with van der Waals surface area (Å²) in [5, 5.41) is 2.99. The molecule has 0 aromatic heterocycles. The third-order valence-corrected chi connectivity index (χ3v) is 8.52. The third-order valence-electron chi connectivity index (χ3n) is 7.12. The van der Waals surface area contributed by atoms with Gasteiger partial charge in [0.25, 0.3) is 15.9 Å². The van der Waals surface area contributed by atoms with Crippen LogP contribution in [0.4, 0.5) is 10.1 Å². The molecular weight excluding hydrogens is 609 g/mol. The highest BCUT2D eigenvalue weighted by molar-refractivity contribution is 7.92. The minimum atomic E-state index is -3.95. The van der Waals surface area contributed by atoms with Crippen LogP contribution in [0.1, 0.15) is 37.4 Å². The normalized spacial score (nSPS) is 11.8. The molecule has 0 bridgehead atoms. The van der Waals surface area contributed by atoms with Crippen LogP contribution in [0.5, 0.6) is 11.5 Å².